The van der Waals surface area contributed by atoms with Crippen LogP contribution in [0.4, 0.5) is 5.82 Å². The molecule has 0 atom stereocenters. The van der Waals surface area contributed by atoms with Gasteiger partial charge in [-0.1, -0.05) is 0 Å². The second-order valence-electron chi connectivity index (χ2n) is 7.27. The second kappa shape index (κ2) is 11.5. The van der Waals surface area contributed by atoms with Gasteiger partial charge >= 0.3 is 0 Å². The van der Waals surface area contributed by atoms with Crippen LogP contribution in [-0.2, 0) is 13.2 Å². The lowest BCUT2D eigenvalue weighted by molar-refractivity contribution is 0.260. The Balaban J connectivity index is 0.00000181. The van der Waals surface area contributed by atoms with Gasteiger partial charge in [-0.25, -0.2) is 4.98 Å². The molecule has 9 heteroatoms. The Hall–Kier alpha value is -2.29. The molecule has 1 saturated heterocycles. The number of fused-ring (bicyclic) bond motifs is 1. The first kappa shape index (κ1) is 26.0. The molecule has 4 rings (SSSR count). The maximum absolute atomic E-state index is 10.2. The zero-order valence-corrected chi connectivity index (χ0v) is 19.8. The average Bonchev–Trinajstić information content (AvgIpc) is 2.82. The van der Waals surface area contributed by atoms with Crippen molar-refractivity contribution < 1.29 is 19.7 Å². The first-order chi connectivity index (χ1) is 14.7. The van der Waals surface area contributed by atoms with Crippen LogP contribution in [0.5, 0.6) is 11.5 Å². The fraction of sp³-hybridized carbons (Fsp3) is 0.348. The molecule has 1 fully saturated rings. The van der Waals surface area contributed by atoms with Gasteiger partial charge in [0.15, 0.2) is 11.5 Å². The fourth-order valence-electron chi connectivity index (χ4n) is 4.12. The Morgan fingerprint density at radius 1 is 0.969 bits per heavy atom. The smallest absolute Gasteiger partial charge is 0.161 e. The molecule has 32 heavy (non-hydrogen) atoms. The molecule has 2 aromatic carbocycles. The number of ether oxygens (including phenoxy) is 2. The number of nitrogens with one attached hydrogen (secondary N) is 1. The van der Waals surface area contributed by atoms with E-state index in [1.165, 1.54) is 0 Å². The van der Waals surface area contributed by atoms with Crippen molar-refractivity contribution in [2.75, 3.05) is 45.3 Å². The van der Waals surface area contributed by atoms with Crippen molar-refractivity contribution in [1.82, 2.24) is 10.3 Å². The largest absolute Gasteiger partial charge is 0.493 e. The molecule has 1 aliphatic rings. The summed E-state index contributed by atoms with van der Waals surface area (Å²) in [7, 11) is 3.20. The summed E-state index contributed by atoms with van der Waals surface area (Å²) >= 11 is 0. The molecule has 0 spiro atoms. The summed E-state index contributed by atoms with van der Waals surface area (Å²) in [5, 5.41) is 25.4. The Morgan fingerprint density at radius 3 is 2.28 bits per heavy atom. The van der Waals surface area contributed by atoms with Crippen molar-refractivity contribution in [2.24, 2.45) is 0 Å². The number of hydrogen-bond donors (Lipinski definition) is 3. The van der Waals surface area contributed by atoms with E-state index < -0.39 is 0 Å². The van der Waals surface area contributed by atoms with Gasteiger partial charge in [-0.3, -0.25) is 0 Å². The normalized spacial score (nSPS) is 13.3. The lowest BCUT2D eigenvalue weighted by atomic mass is 9.90. The van der Waals surface area contributed by atoms with E-state index in [2.05, 4.69) is 21.3 Å². The van der Waals surface area contributed by atoms with Crippen molar-refractivity contribution in [2.45, 2.75) is 13.2 Å². The maximum Gasteiger partial charge on any atom is 0.161 e. The Kier molecular flexibility index (Phi) is 9.36. The number of aliphatic hydroxyl groups excluding tert-OH is 2. The van der Waals surface area contributed by atoms with Gasteiger partial charge in [0.25, 0.3) is 0 Å². The van der Waals surface area contributed by atoms with E-state index >= 15 is 0 Å². The number of aromatic nitrogens is 1. The van der Waals surface area contributed by atoms with Gasteiger partial charge in [-0.2, -0.15) is 0 Å². The predicted octanol–water partition coefficient (Wildman–Crippen LogP) is 3.16. The van der Waals surface area contributed by atoms with Crippen LogP contribution in [0, 0.1) is 0 Å². The van der Waals surface area contributed by atoms with Gasteiger partial charge in [0, 0.05) is 32.4 Å². The van der Waals surface area contributed by atoms with Gasteiger partial charge in [0.2, 0.25) is 0 Å². The van der Waals surface area contributed by atoms with E-state index in [1.54, 1.807) is 20.4 Å². The lowest BCUT2D eigenvalue weighted by Gasteiger charge is -2.28. The SMILES string of the molecule is COc1cc2cc(CO)c(CO)c(-c3ccnc(N4CCNCC4)c3)c2cc1OC.Cl.Cl. The number of halogens is 2. The number of nitrogens with zero attached hydrogens (tertiary/aromatic N) is 2. The van der Waals surface area contributed by atoms with E-state index in [4.69, 9.17) is 9.47 Å². The Morgan fingerprint density at radius 2 is 1.66 bits per heavy atom. The summed E-state index contributed by atoms with van der Waals surface area (Å²) in [5.74, 6) is 2.14. The van der Waals surface area contributed by atoms with Crippen molar-refractivity contribution in [3.63, 3.8) is 0 Å². The number of piperazine rings is 1. The third-order valence-electron chi connectivity index (χ3n) is 5.65. The van der Waals surface area contributed by atoms with E-state index in [9.17, 15) is 10.2 Å². The number of pyridine rings is 1. The zero-order valence-electron chi connectivity index (χ0n) is 18.1. The third-order valence-corrected chi connectivity index (χ3v) is 5.65. The Bertz CT molecular complexity index is 1050. The molecule has 1 aromatic heterocycles. The zero-order chi connectivity index (χ0) is 21.1. The topological polar surface area (TPSA) is 87.1 Å². The van der Waals surface area contributed by atoms with Crippen LogP contribution in [0.3, 0.4) is 0 Å². The van der Waals surface area contributed by atoms with E-state index in [-0.39, 0.29) is 38.0 Å². The average molecular weight is 482 g/mol. The highest BCUT2D eigenvalue weighted by Crippen LogP contribution is 2.41. The van der Waals surface area contributed by atoms with E-state index in [0.29, 0.717) is 22.6 Å². The number of benzene rings is 2. The minimum atomic E-state index is -0.180. The molecule has 3 aromatic rings. The van der Waals surface area contributed by atoms with Crippen LogP contribution in [0.25, 0.3) is 21.9 Å². The second-order valence-corrected chi connectivity index (χ2v) is 7.27. The van der Waals surface area contributed by atoms with Crippen LogP contribution < -0.4 is 19.7 Å². The molecule has 0 bridgehead atoms. The first-order valence-corrected chi connectivity index (χ1v) is 10.0. The molecule has 2 heterocycles. The van der Waals surface area contributed by atoms with Gasteiger partial charge in [-0.15, -0.1) is 24.8 Å². The molecule has 3 N–H and O–H groups in total. The highest BCUT2D eigenvalue weighted by Gasteiger charge is 2.19. The minimum absolute atomic E-state index is 0. The molecule has 0 radical (unpaired) electrons. The third kappa shape index (κ3) is 4.87. The van der Waals surface area contributed by atoms with Crippen molar-refractivity contribution >= 4 is 41.4 Å². The number of anilines is 1. The maximum atomic E-state index is 10.2. The van der Waals surface area contributed by atoms with Crippen LogP contribution in [0.2, 0.25) is 0 Å². The highest BCUT2D eigenvalue weighted by atomic mass is 35.5. The molecule has 0 unspecified atom stereocenters. The quantitative estimate of drug-likeness (QED) is 0.498. The van der Waals surface area contributed by atoms with Gasteiger partial charge in [0.1, 0.15) is 5.82 Å². The standard InChI is InChI=1S/C23H27N3O4.2ClH/c1-29-20-10-16-9-17(13-27)19(14-28)23(18(16)12-21(20)30-2)15-3-4-25-22(11-15)26-7-5-24-6-8-26;;/h3-4,9-12,24,27-28H,5-8,13-14H2,1-2H3;2*1H. The molecule has 7 nitrogen and oxygen atoms in total. The molecule has 174 valence electrons. The summed E-state index contributed by atoms with van der Waals surface area (Å²) in [6, 6.07) is 9.71. The van der Waals surface area contributed by atoms with Gasteiger partial charge < -0.3 is 29.9 Å². The summed E-state index contributed by atoms with van der Waals surface area (Å²) < 4.78 is 11.0. The van der Waals surface area contributed by atoms with Crippen molar-refractivity contribution in [3.8, 4) is 22.6 Å². The van der Waals surface area contributed by atoms with E-state index in [0.717, 1.165) is 53.9 Å². The van der Waals surface area contributed by atoms with Crippen molar-refractivity contribution in [3.05, 3.63) is 47.7 Å². The highest BCUT2D eigenvalue weighted by molar-refractivity contribution is 6.01. The first-order valence-electron chi connectivity index (χ1n) is 10.0. The van der Waals surface area contributed by atoms with E-state index in [1.807, 2.05) is 24.3 Å². The monoisotopic (exact) mass is 481 g/mol. The van der Waals surface area contributed by atoms with Gasteiger partial charge in [-0.05, 0) is 63.4 Å². The number of rotatable bonds is 6. The Labute approximate surface area is 200 Å². The molecule has 0 aliphatic carbocycles. The number of aliphatic hydroxyl groups is 2. The minimum Gasteiger partial charge on any atom is -0.493 e. The molecule has 0 saturated carbocycles. The summed E-state index contributed by atoms with van der Waals surface area (Å²) in [4.78, 5) is 6.82. The lowest BCUT2D eigenvalue weighted by Crippen LogP contribution is -2.43. The predicted molar refractivity (Wildman–Crippen MR) is 132 cm³/mol. The van der Waals surface area contributed by atoms with Gasteiger partial charge in [0.05, 0.1) is 27.4 Å². The van der Waals surface area contributed by atoms with Crippen LogP contribution in [0.1, 0.15) is 11.1 Å². The summed E-state index contributed by atoms with van der Waals surface area (Å²) in [5.41, 5.74) is 3.20. The number of hydrogen-bond acceptors (Lipinski definition) is 7. The van der Waals surface area contributed by atoms with Crippen LogP contribution >= 0.6 is 24.8 Å². The number of methoxy groups -OCH3 is 2. The molecule has 0 amide bonds. The van der Waals surface area contributed by atoms with Crippen molar-refractivity contribution in [1.29, 1.82) is 0 Å². The molecule has 1 aliphatic heterocycles. The van der Waals surface area contributed by atoms with Crippen LogP contribution in [0.15, 0.2) is 36.5 Å². The molecular formula is C23H29Cl2N3O4. The fourth-order valence-corrected chi connectivity index (χ4v) is 4.12. The summed E-state index contributed by atoms with van der Waals surface area (Å²) in [6.45, 7) is 3.29. The molecular weight excluding hydrogens is 453 g/mol. The van der Waals surface area contributed by atoms with Crippen LogP contribution in [-0.4, -0.2) is 55.6 Å². The summed E-state index contributed by atoms with van der Waals surface area (Å²) in [6.07, 6.45) is 1.80.